The summed E-state index contributed by atoms with van der Waals surface area (Å²) >= 11 is 0. The van der Waals surface area contributed by atoms with E-state index >= 15 is 0 Å². The van der Waals surface area contributed by atoms with Crippen LogP contribution >= 0.6 is 0 Å². The molecule has 0 fully saturated rings. The molecule has 83 heavy (non-hydrogen) atoms. The van der Waals surface area contributed by atoms with Crippen molar-refractivity contribution >= 4 is 17.9 Å². The van der Waals surface area contributed by atoms with Crippen molar-refractivity contribution in [2.45, 2.75) is 271 Å². The van der Waals surface area contributed by atoms with Crippen molar-refractivity contribution in [3.8, 4) is 0 Å². The molecule has 1 atom stereocenters. The molecule has 0 spiro atoms. The lowest BCUT2D eigenvalue weighted by atomic mass is 10.1. The van der Waals surface area contributed by atoms with Gasteiger partial charge in [0.2, 0.25) is 0 Å². The van der Waals surface area contributed by atoms with E-state index < -0.39 is 6.10 Å². The molecule has 0 saturated heterocycles. The third-order valence-corrected chi connectivity index (χ3v) is 13.4. The van der Waals surface area contributed by atoms with Crippen LogP contribution in [0.15, 0.2) is 182 Å². The zero-order chi connectivity index (χ0) is 59.9. The zero-order valence-electron chi connectivity index (χ0n) is 53.1. The van der Waals surface area contributed by atoms with Gasteiger partial charge >= 0.3 is 17.9 Å². The average molecular weight is 1140 g/mol. The lowest BCUT2D eigenvalue weighted by Gasteiger charge is -2.18. The van der Waals surface area contributed by atoms with Crippen LogP contribution in [0.3, 0.4) is 0 Å². The first-order valence-corrected chi connectivity index (χ1v) is 33.3. The molecule has 0 rings (SSSR count). The topological polar surface area (TPSA) is 78.9 Å². The van der Waals surface area contributed by atoms with Crippen molar-refractivity contribution in [1.82, 2.24) is 0 Å². The molecule has 0 heterocycles. The number of hydrogen-bond donors (Lipinski definition) is 0. The molecule has 0 amide bonds. The molecule has 0 aliphatic heterocycles. The van der Waals surface area contributed by atoms with E-state index in [9.17, 15) is 14.4 Å². The van der Waals surface area contributed by atoms with Gasteiger partial charge in [0.15, 0.2) is 6.10 Å². The van der Waals surface area contributed by atoms with Crippen molar-refractivity contribution in [3.05, 3.63) is 182 Å². The highest BCUT2D eigenvalue weighted by Gasteiger charge is 2.19. The summed E-state index contributed by atoms with van der Waals surface area (Å²) in [6, 6.07) is 0. The van der Waals surface area contributed by atoms with E-state index in [2.05, 4.69) is 203 Å². The molecule has 0 aromatic heterocycles. The van der Waals surface area contributed by atoms with Crippen LogP contribution in [0.1, 0.15) is 265 Å². The van der Waals surface area contributed by atoms with Crippen molar-refractivity contribution < 1.29 is 28.6 Å². The maximum Gasteiger partial charge on any atom is 0.306 e. The number of ether oxygens (including phenoxy) is 3. The van der Waals surface area contributed by atoms with Crippen molar-refractivity contribution in [3.63, 3.8) is 0 Å². The van der Waals surface area contributed by atoms with E-state index in [4.69, 9.17) is 14.2 Å². The smallest absolute Gasteiger partial charge is 0.306 e. The molecule has 0 aromatic carbocycles. The van der Waals surface area contributed by atoms with Gasteiger partial charge in [-0.15, -0.1) is 0 Å². The summed E-state index contributed by atoms with van der Waals surface area (Å²) in [4.78, 5) is 38.4. The zero-order valence-corrected chi connectivity index (χ0v) is 53.1. The molecule has 0 radical (unpaired) electrons. The van der Waals surface area contributed by atoms with Crippen molar-refractivity contribution in [1.29, 1.82) is 0 Å². The highest BCUT2D eigenvalue weighted by atomic mass is 16.6. The summed E-state index contributed by atoms with van der Waals surface area (Å²) < 4.78 is 16.9. The molecular formula is C77H120O6. The molecule has 464 valence electrons. The monoisotopic (exact) mass is 1140 g/mol. The van der Waals surface area contributed by atoms with Gasteiger partial charge in [-0.25, -0.2) is 0 Å². The fourth-order valence-electron chi connectivity index (χ4n) is 8.53. The Kier molecular flexibility index (Phi) is 64.4. The molecule has 0 N–H and O–H groups in total. The minimum atomic E-state index is -0.826. The second-order valence-corrected chi connectivity index (χ2v) is 21.2. The van der Waals surface area contributed by atoms with E-state index in [1.165, 1.54) is 64.2 Å². The third kappa shape index (κ3) is 67.2. The largest absolute Gasteiger partial charge is 0.462 e. The van der Waals surface area contributed by atoms with E-state index in [1.54, 1.807) is 0 Å². The Morgan fingerprint density at radius 3 is 0.711 bits per heavy atom. The second kappa shape index (κ2) is 69.0. The van der Waals surface area contributed by atoms with Crippen LogP contribution in [0.4, 0.5) is 0 Å². The molecule has 0 aliphatic carbocycles. The van der Waals surface area contributed by atoms with Gasteiger partial charge in [-0.1, -0.05) is 280 Å². The normalized spacial score (nSPS) is 13.3. The number of unbranched alkanes of at least 4 members (excludes halogenated alkanes) is 17. The van der Waals surface area contributed by atoms with E-state index in [1.807, 2.05) is 0 Å². The molecule has 0 saturated carbocycles. The Balaban J connectivity index is 4.42. The van der Waals surface area contributed by atoms with Gasteiger partial charge in [0, 0.05) is 19.3 Å². The molecular weight excluding hydrogens is 1020 g/mol. The Labute approximate surface area is 510 Å². The van der Waals surface area contributed by atoms with E-state index in [-0.39, 0.29) is 37.5 Å². The van der Waals surface area contributed by atoms with Crippen LogP contribution in [-0.2, 0) is 28.6 Å². The number of allylic oxidation sites excluding steroid dienone is 30. The van der Waals surface area contributed by atoms with E-state index in [0.29, 0.717) is 19.3 Å². The Morgan fingerprint density at radius 1 is 0.241 bits per heavy atom. The molecule has 6 nitrogen and oxygen atoms in total. The number of hydrogen-bond acceptors (Lipinski definition) is 6. The first-order chi connectivity index (χ1) is 41.0. The van der Waals surface area contributed by atoms with Crippen molar-refractivity contribution in [2.75, 3.05) is 13.2 Å². The first kappa shape index (κ1) is 77.5. The van der Waals surface area contributed by atoms with E-state index in [0.717, 1.165) is 154 Å². The maximum absolute atomic E-state index is 12.9. The predicted molar refractivity (Wildman–Crippen MR) is 361 cm³/mol. The molecule has 1 unspecified atom stereocenters. The quantitative estimate of drug-likeness (QED) is 0.0261. The van der Waals surface area contributed by atoms with Crippen LogP contribution < -0.4 is 0 Å². The molecule has 0 bridgehead atoms. The lowest BCUT2D eigenvalue weighted by Crippen LogP contribution is -2.30. The Hall–Kier alpha value is -5.49. The van der Waals surface area contributed by atoms with Gasteiger partial charge in [0.05, 0.1) is 0 Å². The minimum absolute atomic E-state index is 0.115. The number of rotatable bonds is 58. The highest BCUT2D eigenvalue weighted by molar-refractivity contribution is 5.71. The Morgan fingerprint density at radius 2 is 0.446 bits per heavy atom. The fourth-order valence-corrected chi connectivity index (χ4v) is 8.53. The number of carbonyl (C=O) groups excluding carboxylic acids is 3. The Bertz CT molecular complexity index is 1940. The highest BCUT2D eigenvalue weighted by Crippen LogP contribution is 2.14. The first-order valence-electron chi connectivity index (χ1n) is 33.3. The SMILES string of the molecule is CC/C=C\C/C=C\C/C=C\C/C=C\C/C=C\C/C=C\C/C=C\CCCCCCCCCCCC(=O)OCC(COC(=O)CCCCCCCCC/C=C\C/C=C\C/C=C\CC)OC(=O)CCC/C=C\C/C=C\C/C=C\C/C=C\C/C=C\CC. The standard InChI is InChI=1S/C77H120O6/c1-4-7-10-13-16-19-22-25-28-31-32-33-34-35-36-37-38-39-40-41-42-43-44-47-49-52-55-58-61-64-67-70-76(79)82-73-74(83-77(80)71-68-65-62-59-56-53-50-46-30-27-24-21-18-15-12-9-6-3)72-81-75(78)69-66-63-60-57-54-51-48-45-29-26-23-20-17-14-11-8-5-2/h7-12,16-21,25-30,32-33,35-36,38-39,41-42,50,53,59,62,74H,4-6,13-15,22-24,31,34,37,40,43-49,51-52,54-58,60-61,63-73H2,1-3H3/b10-7-,11-8-,12-9-,19-16-,20-17-,21-18-,28-25-,29-26-,30-27-,33-32-,36-35-,39-38-,42-41-,53-50-,62-59-. The molecule has 0 aromatic rings. The van der Waals surface area contributed by atoms with Gasteiger partial charge in [-0.3, -0.25) is 14.4 Å². The van der Waals surface area contributed by atoms with Crippen LogP contribution in [0, 0.1) is 0 Å². The minimum Gasteiger partial charge on any atom is -0.462 e. The van der Waals surface area contributed by atoms with Crippen molar-refractivity contribution in [2.24, 2.45) is 0 Å². The summed E-state index contributed by atoms with van der Waals surface area (Å²) in [7, 11) is 0. The second-order valence-electron chi connectivity index (χ2n) is 21.2. The van der Waals surface area contributed by atoms with Crippen LogP contribution in [0.25, 0.3) is 0 Å². The predicted octanol–water partition coefficient (Wildman–Crippen LogP) is 23.2. The molecule has 0 aliphatic rings. The number of esters is 3. The summed E-state index contributed by atoms with van der Waals surface area (Å²) in [5.41, 5.74) is 0. The number of carbonyl (C=O) groups is 3. The van der Waals surface area contributed by atoms with Crippen LogP contribution in [0.5, 0.6) is 0 Å². The third-order valence-electron chi connectivity index (χ3n) is 13.4. The lowest BCUT2D eigenvalue weighted by molar-refractivity contribution is -0.167. The van der Waals surface area contributed by atoms with Gasteiger partial charge in [-0.2, -0.15) is 0 Å². The average Bonchev–Trinajstić information content (AvgIpc) is 3.49. The van der Waals surface area contributed by atoms with Crippen LogP contribution in [0.2, 0.25) is 0 Å². The summed E-state index contributed by atoms with van der Waals surface area (Å²) in [6.45, 7) is 6.24. The van der Waals surface area contributed by atoms with Crippen LogP contribution in [-0.4, -0.2) is 37.2 Å². The van der Waals surface area contributed by atoms with Gasteiger partial charge < -0.3 is 14.2 Å². The van der Waals surface area contributed by atoms with Gasteiger partial charge in [0.1, 0.15) is 13.2 Å². The van der Waals surface area contributed by atoms with Gasteiger partial charge in [0.25, 0.3) is 0 Å². The van der Waals surface area contributed by atoms with Gasteiger partial charge in [-0.05, 0) is 148 Å². The molecule has 6 heteroatoms. The summed E-state index contributed by atoms with van der Waals surface area (Å²) in [5.74, 6) is -0.994. The summed E-state index contributed by atoms with van der Waals surface area (Å²) in [6.07, 6.45) is 103. The summed E-state index contributed by atoms with van der Waals surface area (Å²) in [5, 5.41) is 0. The maximum atomic E-state index is 12.9. The fraction of sp³-hybridized carbons (Fsp3) is 0.571.